The molecule has 2 aromatic carbocycles. The van der Waals surface area contributed by atoms with Crippen molar-refractivity contribution in [3.05, 3.63) is 85.1 Å². The van der Waals surface area contributed by atoms with Crippen molar-refractivity contribution in [3.8, 4) is 0 Å². The average Bonchev–Trinajstić information content (AvgIpc) is 2.60. The molecular weight excluding hydrogens is 280 g/mol. The van der Waals surface area contributed by atoms with E-state index in [0.29, 0.717) is 0 Å². The van der Waals surface area contributed by atoms with Crippen LogP contribution in [0, 0.1) is 0 Å². The fourth-order valence-corrected chi connectivity index (χ4v) is 2.44. The minimum atomic E-state index is 1.02. The summed E-state index contributed by atoms with van der Waals surface area (Å²) < 4.78 is 0. The third-order valence-electron chi connectivity index (χ3n) is 3.62. The SMILES string of the molecule is C=CC=C(CCCCCNc1ccccc1)Nc1ccccc1. The number of allylic oxidation sites excluding steroid dienone is 3. The van der Waals surface area contributed by atoms with E-state index in [9.17, 15) is 0 Å². The molecule has 0 unspecified atom stereocenters. The molecule has 0 aliphatic rings. The van der Waals surface area contributed by atoms with E-state index < -0.39 is 0 Å². The highest BCUT2D eigenvalue weighted by Gasteiger charge is 1.98. The predicted octanol–water partition coefficient (Wildman–Crippen LogP) is 5.84. The van der Waals surface area contributed by atoms with Crippen LogP contribution in [0.25, 0.3) is 0 Å². The van der Waals surface area contributed by atoms with E-state index in [1.165, 1.54) is 30.6 Å². The second-order valence-corrected chi connectivity index (χ2v) is 5.52. The van der Waals surface area contributed by atoms with Crippen molar-refractivity contribution in [2.24, 2.45) is 0 Å². The third-order valence-corrected chi connectivity index (χ3v) is 3.62. The van der Waals surface area contributed by atoms with Crippen LogP contribution >= 0.6 is 0 Å². The Bertz CT molecular complexity index is 588. The first-order valence-electron chi connectivity index (χ1n) is 8.31. The minimum Gasteiger partial charge on any atom is -0.385 e. The molecule has 23 heavy (non-hydrogen) atoms. The standard InChI is InChI=1S/C21H26N2/c1-2-12-20(23-21-16-8-4-9-17-21)15-10-5-11-18-22-19-13-6-3-7-14-19/h2-4,6-9,12-14,16-17,22-23H,1,5,10-11,15,18H2. The maximum absolute atomic E-state index is 3.81. The van der Waals surface area contributed by atoms with Crippen molar-refractivity contribution >= 4 is 11.4 Å². The van der Waals surface area contributed by atoms with Gasteiger partial charge < -0.3 is 10.6 Å². The Kier molecular flexibility index (Phi) is 7.55. The number of hydrogen-bond donors (Lipinski definition) is 2. The van der Waals surface area contributed by atoms with Crippen LogP contribution in [0.5, 0.6) is 0 Å². The van der Waals surface area contributed by atoms with Gasteiger partial charge in [-0.25, -0.2) is 0 Å². The third kappa shape index (κ3) is 6.88. The highest BCUT2D eigenvalue weighted by molar-refractivity contribution is 5.48. The molecule has 2 aromatic rings. The van der Waals surface area contributed by atoms with E-state index in [0.717, 1.165) is 18.7 Å². The maximum atomic E-state index is 3.81. The molecule has 0 saturated heterocycles. The number of unbranched alkanes of at least 4 members (excludes halogenated alkanes) is 2. The fraction of sp³-hybridized carbons (Fsp3) is 0.238. The fourth-order valence-electron chi connectivity index (χ4n) is 2.44. The monoisotopic (exact) mass is 306 g/mol. The average molecular weight is 306 g/mol. The second kappa shape index (κ2) is 10.3. The van der Waals surface area contributed by atoms with Crippen molar-refractivity contribution in [1.82, 2.24) is 0 Å². The summed E-state index contributed by atoms with van der Waals surface area (Å²) >= 11 is 0. The number of hydrogen-bond acceptors (Lipinski definition) is 2. The van der Waals surface area contributed by atoms with Crippen LogP contribution in [-0.4, -0.2) is 6.54 Å². The van der Waals surface area contributed by atoms with E-state index in [2.05, 4.69) is 59.7 Å². The van der Waals surface area contributed by atoms with Gasteiger partial charge in [0, 0.05) is 23.6 Å². The lowest BCUT2D eigenvalue weighted by molar-refractivity contribution is 0.696. The lowest BCUT2D eigenvalue weighted by atomic mass is 10.1. The van der Waals surface area contributed by atoms with Crippen molar-refractivity contribution < 1.29 is 0 Å². The summed E-state index contributed by atoms with van der Waals surface area (Å²) in [5, 5.41) is 6.92. The Morgan fingerprint density at radius 3 is 2.13 bits per heavy atom. The molecule has 2 heteroatoms. The lowest BCUT2D eigenvalue weighted by Crippen LogP contribution is -2.02. The Hall–Kier alpha value is -2.48. The molecule has 0 radical (unpaired) electrons. The Morgan fingerprint density at radius 1 is 0.826 bits per heavy atom. The van der Waals surface area contributed by atoms with E-state index in [1.54, 1.807) is 0 Å². The second-order valence-electron chi connectivity index (χ2n) is 5.52. The molecule has 0 saturated carbocycles. The van der Waals surface area contributed by atoms with Crippen molar-refractivity contribution in [1.29, 1.82) is 0 Å². The molecule has 2 nitrogen and oxygen atoms in total. The molecule has 0 aliphatic heterocycles. The molecule has 0 spiro atoms. The number of nitrogens with one attached hydrogen (secondary N) is 2. The number of para-hydroxylation sites is 2. The van der Waals surface area contributed by atoms with Crippen molar-refractivity contribution in [3.63, 3.8) is 0 Å². The highest BCUT2D eigenvalue weighted by atomic mass is 14.9. The first-order chi connectivity index (χ1) is 11.4. The molecule has 120 valence electrons. The van der Waals surface area contributed by atoms with Crippen LogP contribution in [0.4, 0.5) is 11.4 Å². The molecule has 0 fully saturated rings. The van der Waals surface area contributed by atoms with Gasteiger partial charge in [0.1, 0.15) is 0 Å². The zero-order chi connectivity index (χ0) is 16.2. The lowest BCUT2D eigenvalue weighted by Gasteiger charge is -2.11. The normalized spacial score (nSPS) is 11.0. The quantitative estimate of drug-likeness (QED) is 0.425. The zero-order valence-corrected chi connectivity index (χ0v) is 13.7. The number of rotatable bonds is 10. The summed E-state index contributed by atoms with van der Waals surface area (Å²) in [6.45, 7) is 4.83. The van der Waals surface area contributed by atoms with Gasteiger partial charge in [-0.2, -0.15) is 0 Å². The smallest absolute Gasteiger partial charge is 0.0381 e. The van der Waals surface area contributed by atoms with Gasteiger partial charge in [0.05, 0.1) is 0 Å². The van der Waals surface area contributed by atoms with Crippen LogP contribution < -0.4 is 10.6 Å². The van der Waals surface area contributed by atoms with Crippen molar-refractivity contribution in [2.75, 3.05) is 17.2 Å². The molecule has 0 amide bonds. The summed E-state index contributed by atoms with van der Waals surface area (Å²) in [6, 6.07) is 20.7. The molecule has 0 atom stereocenters. The highest BCUT2D eigenvalue weighted by Crippen LogP contribution is 2.15. The number of anilines is 2. The molecule has 0 aliphatic carbocycles. The van der Waals surface area contributed by atoms with E-state index >= 15 is 0 Å². The van der Waals surface area contributed by atoms with Gasteiger partial charge in [-0.15, -0.1) is 0 Å². The van der Waals surface area contributed by atoms with Crippen LogP contribution in [-0.2, 0) is 0 Å². The zero-order valence-electron chi connectivity index (χ0n) is 13.7. The first-order valence-corrected chi connectivity index (χ1v) is 8.31. The van der Waals surface area contributed by atoms with Crippen molar-refractivity contribution in [2.45, 2.75) is 25.7 Å². The van der Waals surface area contributed by atoms with Gasteiger partial charge in [-0.1, -0.05) is 55.5 Å². The van der Waals surface area contributed by atoms with Gasteiger partial charge in [0.25, 0.3) is 0 Å². The van der Waals surface area contributed by atoms with Gasteiger partial charge in [-0.3, -0.25) is 0 Å². The van der Waals surface area contributed by atoms with Crippen LogP contribution in [0.15, 0.2) is 85.1 Å². The summed E-state index contributed by atoms with van der Waals surface area (Å²) in [7, 11) is 0. The summed E-state index contributed by atoms with van der Waals surface area (Å²) in [5.41, 5.74) is 3.55. The summed E-state index contributed by atoms with van der Waals surface area (Å²) in [6.07, 6.45) is 8.53. The molecule has 2 N–H and O–H groups in total. The van der Waals surface area contributed by atoms with Gasteiger partial charge in [0.15, 0.2) is 0 Å². The maximum Gasteiger partial charge on any atom is 0.0381 e. The molecule has 0 aromatic heterocycles. The predicted molar refractivity (Wildman–Crippen MR) is 102 cm³/mol. The van der Waals surface area contributed by atoms with E-state index in [1.807, 2.05) is 30.3 Å². The van der Waals surface area contributed by atoms with E-state index in [-0.39, 0.29) is 0 Å². The van der Waals surface area contributed by atoms with Crippen LogP contribution in [0.1, 0.15) is 25.7 Å². The largest absolute Gasteiger partial charge is 0.385 e. The van der Waals surface area contributed by atoms with Gasteiger partial charge >= 0.3 is 0 Å². The Labute approximate surface area is 139 Å². The molecular formula is C21H26N2. The Morgan fingerprint density at radius 2 is 1.48 bits per heavy atom. The van der Waals surface area contributed by atoms with E-state index in [4.69, 9.17) is 0 Å². The summed E-state index contributed by atoms with van der Waals surface area (Å²) in [4.78, 5) is 0. The van der Waals surface area contributed by atoms with Gasteiger partial charge in [0.2, 0.25) is 0 Å². The van der Waals surface area contributed by atoms with Gasteiger partial charge in [-0.05, 0) is 49.6 Å². The molecule has 0 bridgehead atoms. The van der Waals surface area contributed by atoms with Crippen LogP contribution in [0.2, 0.25) is 0 Å². The number of benzene rings is 2. The summed E-state index contributed by atoms with van der Waals surface area (Å²) in [5.74, 6) is 0. The first kappa shape index (κ1) is 16.9. The molecule has 0 heterocycles. The topological polar surface area (TPSA) is 24.1 Å². The van der Waals surface area contributed by atoms with Crippen LogP contribution in [0.3, 0.4) is 0 Å². The Balaban J connectivity index is 1.65. The minimum absolute atomic E-state index is 1.02. The molecule has 2 rings (SSSR count).